The Morgan fingerprint density at radius 3 is 2.08 bits per heavy atom. The molecule has 0 fully saturated rings. The van der Waals surface area contributed by atoms with E-state index in [9.17, 15) is 8.42 Å². The lowest BCUT2D eigenvalue weighted by Gasteiger charge is -2.25. The lowest BCUT2D eigenvalue weighted by molar-refractivity contribution is 0.590. The summed E-state index contributed by atoms with van der Waals surface area (Å²) >= 11 is 3.40. The first kappa shape index (κ1) is 17.7. The molecule has 128 valence electrons. The van der Waals surface area contributed by atoms with E-state index in [2.05, 4.69) is 15.9 Å². The maximum Gasteiger partial charge on any atom is 0.265 e. The highest BCUT2D eigenvalue weighted by Crippen LogP contribution is 2.30. The third kappa shape index (κ3) is 3.94. The molecule has 25 heavy (non-hydrogen) atoms. The van der Waals surface area contributed by atoms with Gasteiger partial charge >= 0.3 is 0 Å². The Morgan fingerprint density at radius 1 is 0.880 bits per heavy atom. The molecular formula is C20H18BrNO2S. The second-order valence-electron chi connectivity index (χ2n) is 5.77. The largest absolute Gasteiger partial charge is 0.265 e. The highest BCUT2D eigenvalue weighted by atomic mass is 79.9. The maximum atomic E-state index is 13.4. The van der Waals surface area contributed by atoms with Gasteiger partial charge in [-0.1, -0.05) is 54.6 Å². The number of hydrogen-bond donors (Lipinski definition) is 0. The van der Waals surface area contributed by atoms with Gasteiger partial charge in [-0.25, -0.2) is 8.42 Å². The van der Waals surface area contributed by atoms with Gasteiger partial charge in [0.05, 0.1) is 12.2 Å². The van der Waals surface area contributed by atoms with Gasteiger partial charge in [-0.2, -0.15) is 0 Å². The summed E-state index contributed by atoms with van der Waals surface area (Å²) in [5.74, 6) is 0. The minimum atomic E-state index is -3.71. The number of para-hydroxylation sites is 1. The third-order valence-electron chi connectivity index (χ3n) is 3.87. The number of rotatable bonds is 5. The minimum absolute atomic E-state index is 0.262. The summed E-state index contributed by atoms with van der Waals surface area (Å²) in [6.45, 7) is 2.20. The van der Waals surface area contributed by atoms with E-state index in [1.54, 1.807) is 6.07 Å². The third-order valence-corrected chi connectivity index (χ3v) is 6.62. The normalized spacial score (nSPS) is 11.3. The summed E-state index contributed by atoms with van der Waals surface area (Å²) in [5, 5.41) is 0. The van der Waals surface area contributed by atoms with E-state index in [4.69, 9.17) is 0 Å². The van der Waals surface area contributed by atoms with Gasteiger partial charge in [0.25, 0.3) is 10.0 Å². The van der Waals surface area contributed by atoms with Gasteiger partial charge < -0.3 is 0 Å². The van der Waals surface area contributed by atoms with Crippen molar-refractivity contribution in [3.05, 3.63) is 94.5 Å². The average Bonchev–Trinajstić information content (AvgIpc) is 2.61. The fourth-order valence-electron chi connectivity index (χ4n) is 2.59. The second kappa shape index (κ2) is 7.42. The van der Waals surface area contributed by atoms with Crippen LogP contribution in [0.5, 0.6) is 0 Å². The van der Waals surface area contributed by atoms with Crippen molar-refractivity contribution >= 4 is 31.6 Å². The van der Waals surface area contributed by atoms with Crippen LogP contribution in [0.4, 0.5) is 5.69 Å². The van der Waals surface area contributed by atoms with Crippen molar-refractivity contribution in [2.45, 2.75) is 18.4 Å². The van der Waals surface area contributed by atoms with Gasteiger partial charge in [0.1, 0.15) is 4.90 Å². The standard InChI is InChI=1S/C20H18BrNO2S/c1-16-12-13-20(19(21)14-16)25(23,24)22(18-10-6-3-7-11-18)15-17-8-4-2-5-9-17/h2-14H,15H2,1H3. The Bertz CT molecular complexity index is 958. The number of halogens is 1. The van der Waals surface area contributed by atoms with Crippen LogP contribution in [0.1, 0.15) is 11.1 Å². The molecule has 0 saturated heterocycles. The van der Waals surface area contributed by atoms with E-state index in [0.29, 0.717) is 10.2 Å². The minimum Gasteiger partial charge on any atom is -0.262 e. The predicted molar refractivity (Wildman–Crippen MR) is 105 cm³/mol. The lowest BCUT2D eigenvalue weighted by Crippen LogP contribution is -2.30. The Kier molecular flexibility index (Phi) is 5.25. The number of benzene rings is 3. The first-order valence-corrected chi connectivity index (χ1v) is 10.1. The zero-order valence-corrected chi connectivity index (χ0v) is 16.2. The van der Waals surface area contributed by atoms with Crippen LogP contribution < -0.4 is 4.31 Å². The summed E-state index contributed by atoms with van der Waals surface area (Å²) in [6.07, 6.45) is 0. The molecule has 3 rings (SSSR count). The Labute approximate surface area is 157 Å². The number of nitrogens with zero attached hydrogens (tertiary/aromatic N) is 1. The van der Waals surface area contributed by atoms with Gasteiger partial charge in [-0.05, 0) is 58.2 Å². The Morgan fingerprint density at radius 2 is 1.48 bits per heavy atom. The van der Waals surface area contributed by atoms with Crippen molar-refractivity contribution in [2.24, 2.45) is 0 Å². The molecule has 0 aromatic heterocycles. The Hall–Kier alpha value is -2.11. The summed E-state index contributed by atoms with van der Waals surface area (Å²) in [5.41, 5.74) is 2.57. The van der Waals surface area contributed by atoms with Crippen LogP contribution in [0, 0.1) is 6.92 Å². The molecule has 0 atom stereocenters. The molecule has 0 spiro atoms. The molecule has 0 unspecified atom stereocenters. The van der Waals surface area contributed by atoms with Crippen LogP contribution in [0.25, 0.3) is 0 Å². The highest BCUT2D eigenvalue weighted by molar-refractivity contribution is 9.10. The predicted octanol–water partition coefficient (Wildman–Crippen LogP) is 5.15. The molecule has 0 aliphatic heterocycles. The summed E-state index contributed by atoms with van der Waals surface area (Å²) in [7, 11) is -3.71. The average molecular weight is 416 g/mol. The molecule has 3 aromatic rings. The molecule has 5 heteroatoms. The topological polar surface area (TPSA) is 37.4 Å². The maximum absolute atomic E-state index is 13.4. The molecule has 3 nitrogen and oxygen atoms in total. The second-order valence-corrected chi connectivity index (χ2v) is 8.45. The van der Waals surface area contributed by atoms with E-state index in [-0.39, 0.29) is 11.4 Å². The molecule has 0 aliphatic carbocycles. The van der Waals surface area contributed by atoms with Gasteiger partial charge in [0, 0.05) is 4.47 Å². The summed E-state index contributed by atoms with van der Waals surface area (Å²) < 4.78 is 28.7. The number of hydrogen-bond acceptors (Lipinski definition) is 2. The molecular weight excluding hydrogens is 398 g/mol. The fourth-order valence-corrected chi connectivity index (χ4v) is 5.20. The first-order chi connectivity index (χ1) is 12.0. The van der Waals surface area contributed by atoms with Crippen LogP contribution in [0.2, 0.25) is 0 Å². The van der Waals surface area contributed by atoms with Gasteiger partial charge in [-0.3, -0.25) is 4.31 Å². The quantitative estimate of drug-likeness (QED) is 0.577. The van der Waals surface area contributed by atoms with Crippen LogP contribution in [-0.2, 0) is 16.6 Å². The van der Waals surface area contributed by atoms with Crippen LogP contribution in [0.3, 0.4) is 0 Å². The summed E-state index contributed by atoms with van der Waals surface area (Å²) in [4.78, 5) is 0.262. The van der Waals surface area contributed by atoms with E-state index in [1.165, 1.54) is 4.31 Å². The molecule has 0 saturated carbocycles. The van der Waals surface area contributed by atoms with Crippen molar-refractivity contribution in [1.29, 1.82) is 0 Å². The highest BCUT2D eigenvalue weighted by Gasteiger charge is 2.27. The smallest absolute Gasteiger partial charge is 0.262 e. The molecule has 3 aromatic carbocycles. The Balaban J connectivity index is 2.10. The lowest BCUT2D eigenvalue weighted by atomic mass is 10.2. The monoisotopic (exact) mass is 415 g/mol. The number of anilines is 1. The molecule has 0 bridgehead atoms. The van der Waals surface area contributed by atoms with Crippen molar-refractivity contribution < 1.29 is 8.42 Å². The van der Waals surface area contributed by atoms with E-state index in [0.717, 1.165) is 11.1 Å². The van der Waals surface area contributed by atoms with E-state index in [1.807, 2.05) is 79.7 Å². The van der Waals surface area contributed by atoms with Crippen LogP contribution >= 0.6 is 15.9 Å². The van der Waals surface area contributed by atoms with E-state index >= 15 is 0 Å². The molecule has 0 radical (unpaired) electrons. The number of sulfonamides is 1. The van der Waals surface area contributed by atoms with Gasteiger partial charge in [0.2, 0.25) is 0 Å². The SMILES string of the molecule is Cc1ccc(S(=O)(=O)N(Cc2ccccc2)c2ccccc2)c(Br)c1. The van der Waals surface area contributed by atoms with Crippen molar-refractivity contribution in [3.8, 4) is 0 Å². The molecule has 0 aliphatic rings. The van der Waals surface area contributed by atoms with Gasteiger partial charge in [-0.15, -0.1) is 0 Å². The van der Waals surface area contributed by atoms with Crippen LogP contribution in [0.15, 0.2) is 88.2 Å². The molecule has 0 amide bonds. The van der Waals surface area contributed by atoms with Crippen LogP contribution in [-0.4, -0.2) is 8.42 Å². The summed E-state index contributed by atoms with van der Waals surface area (Å²) in [6, 6.07) is 24.0. The van der Waals surface area contributed by atoms with Crippen molar-refractivity contribution in [1.82, 2.24) is 0 Å². The van der Waals surface area contributed by atoms with Crippen molar-refractivity contribution in [2.75, 3.05) is 4.31 Å². The van der Waals surface area contributed by atoms with Gasteiger partial charge in [0.15, 0.2) is 0 Å². The zero-order chi connectivity index (χ0) is 17.9. The fraction of sp³-hybridized carbons (Fsp3) is 0.100. The van der Waals surface area contributed by atoms with E-state index < -0.39 is 10.0 Å². The van der Waals surface area contributed by atoms with Crippen molar-refractivity contribution in [3.63, 3.8) is 0 Å². The number of aryl methyl sites for hydroxylation is 1. The molecule has 0 N–H and O–H groups in total. The first-order valence-electron chi connectivity index (χ1n) is 7.86. The molecule has 0 heterocycles. The zero-order valence-electron chi connectivity index (χ0n) is 13.8.